The zero-order chi connectivity index (χ0) is 16.1. The fraction of sp³-hybridized carbons (Fsp3) is 0.438. The summed E-state index contributed by atoms with van der Waals surface area (Å²) in [7, 11) is 0. The molecule has 0 aliphatic heterocycles. The number of hydrogen-bond donors (Lipinski definition) is 1. The smallest absolute Gasteiger partial charge is 0.227 e. The first-order valence-corrected chi connectivity index (χ1v) is 8.71. The lowest BCUT2D eigenvalue weighted by molar-refractivity contribution is 0.353. The molecule has 3 aromatic rings. The maximum atomic E-state index is 5.31. The molecule has 3 heterocycles. The van der Waals surface area contributed by atoms with E-state index < -0.39 is 0 Å². The Labute approximate surface area is 139 Å². The van der Waals surface area contributed by atoms with Gasteiger partial charge in [0.05, 0.1) is 10.9 Å². The van der Waals surface area contributed by atoms with E-state index in [-0.39, 0.29) is 0 Å². The lowest BCUT2D eigenvalue weighted by Crippen LogP contribution is -2.34. The molecular weight excluding hydrogens is 310 g/mol. The molecule has 0 bridgehead atoms. The maximum absolute atomic E-state index is 5.31. The number of nitrogens with one attached hydrogen (secondary N) is 1. The van der Waals surface area contributed by atoms with Crippen molar-refractivity contribution >= 4 is 11.3 Å². The predicted octanol–water partition coefficient (Wildman–Crippen LogP) is 3.17. The molecule has 0 saturated heterocycles. The van der Waals surface area contributed by atoms with Gasteiger partial charge in [-0.25, -0.2) is 0 Å². The minimum absolute atomic E-state index is 0.318. The lowest BCUT2D eigenvalue weighted by atomic mass is 10.1. The van der Waals surface area contributed by atoms with E-state index >= 15 is 0 Å². The average Bonchev–Trinajstić information content (AvgIpc) is 3.32. The molecule has 6 nitrogen and oxygen atoms in total. The first kappa shape index (κ1) is 15.9. The van der Waals surface area contributed by atoms with E-state index in [1.807, 2.05) is 40.7 Å². The standard InChI is InChI=1S/C16H21N5OS/c1-12(13(2)21-10-5-9-18-21)17-8-3-7-15-19-16(20-22-15)14-6-4-11-23-14/h4-6,9-13,17H,3,7-8H2,1-2H3/t12-,13+/m1/s1. The zero-order valence-electron chi connectivity index (χ0n) is 13.3. The average molecular weight is 331 g/mol. The SMILES string of the molecule is C[C@@H](NCCCc1nc(-c2cccs2)no1)[C@H](C)n1cccn1. The zero-order valence-corrected chi connectivity index (χ0v) is 14.2. The fourth-order valence-corrected chi connectivity index (χ4v) is 3.00. The Morgan fingerprint density at radius 2 is 2.26 bits per heavy atom. The van der Waals surface area contributed by atoms with Crippen LogP contribution in [0.2, 0.25) is 0 Å². The minimum atomic E-state index is 0.318. The summed E-state index contributed by atoms with van der Waals surface area (Å²) in [6.07, 6.45) is 5.55. The van der Waals surface area contributed by atoms with Gasteiger partial charge in [-0.15, -0.1) is 11.3 Å². The first-order chi connectivity index (χ1) is 11.2. The number of rotatable bonds is 8. The van der Waals surface area contributed by atoms with E-state index in [0.717, 1.165) is 24.3 Å². The number of aryl methyl sites for hydroxylation is 1. The van der Waals surface area contributed by atoms with E-state index in [1.54, 1.807) is 11.3 Å². The summed E-state index contributed by atoms with van der Waals surface area (Å²) in [6, 6.07) is 6.60. The first-order valence-electron chi connectivity index (χ1n) is 7.83. The van der Waals surface area contributed by atoms with Crippen molar-refractivity contribution in [3.63, 3.8) is 0 Å². The Hall–Kier alpha value is -1.99. The number of thiophene rings is 1. The van der Waals surface area contributed by atoms with Crippen LogP contribution >= 0.6 is 11.3 Å². The summed E-state index contributed by atoms with van der Waals surface area (Å²) in [5.41, 5.74) is 0. The van der Waals surface area contributed by atoms with Crippen LogP contribution < -0.4 is 5.32 Å². The molecule has 3 rings (SSSR count). The second-order valence-corrected chi connectivity index (χ2v) is 6.51. The topological polar surface area (TPSA) is 68.8 Å². The quantitative estimate of drug-likeness (QED) is 0.642. The van der Waals surface area contributed by atoms with Crippen molar-refractivity contribution in [2.24, 2.45) is 0 Å². The molecular formula is C16H21N5OS. The van der Waals surface area contributed by atoms with Gasteiger partial charge in [-0.3, -0.25) is 4.68 Å². The summed E-state index contributed by atoms with van der Waals surface area (Å²) in [6.45, 7) is 5.24. The van der Waals surface area contributed by atoms with Gasteiger partial charge in [0, 0.05) is 24.9 Å². The van der Waals surface area contributed by atoms with Crippen LogP contribution in [0.5, 0.6) is 0 Å². The Bertz CT molecular complexity index is 692. The van der Waals surface area contributed by atoms with Crippen molar-refractivity contribution in [1.82, 2.24) is 25.2 Å². The van der Waals surface area contributed by atoms with Gasteiger partial charge < -0.3 is 9.84 Å². The molecule has 0 spiro atoms. The van der Waals surface area contributed by atoms with Crippen LogP contribution in [0.1, 0.15) is 32.2 Å². The van der Waals surface area contributed by atoms with Crippen molar-refractivity contribution in [3.05, 3.63) is 41.9 Å². The molecule has 1 N–H and O–H groups in total. The summed E-state index contributed by atoms with van der Waals surface area (Å²) < 4.78 is 7.28. The molecule has 0 aliphatic rings. The van der Waals surface area contributed by atoms with Crippen molar-refractivity contribution in [1.29, 1.82) is 0 Å². The molecule has 0 aromatic carbocycles. The minimum Gasteiger partial charge on any atom is -0.339 e. The highest BCUT2D eigenvalue weighted by molar-refractivity contribution is 7.13. The lowest BCUT2D eigenvalue weighted by Gasteiger charge is -2.21. The third-order valence-electron chi connectivity index (χ3n) is 3.91. The van der Waals surface area contributed by atoms with Gasteiger partial charge in [-0.2, -0.15) is 10.1 Å². The molecule has 0 fully saturated rings. The van der Waals surface area contributed by atoms with E-state index in [4.69, 9.17) is 4.52 Å². The van der Waals surface area contributed by atoms with Crippen LogP contribution in [0, 0.1) is 0 Å². The van der Waals surface area contributed by atoms with Crippen LogP contribution in [0.4, 0.5) is 0 Å². The molecule has 7 heteroatoms. The highest BCUT2D eigenvalue weighted by Crippen LogP contribution is 2.21. The summed E-state index contributed by atoms with van der Waals surface area (Å²) >= 11 is 1.62. The van der Waals surface area contributed by atoms with Crippen molar-refractivity contribution < 1.29 is 4.52 Å². The van der Waals surface area contributed by atoms with Crippen molar-refractivity contribution in [3.8, 4) is 10.7 Å². The largest absolute Gasteiger partial charge is 0.339 e. The van der Waals surface area contributed by atoms with Crippen LogP contribution in [0.15, 0.2) is 40.5 Å². The number of nitrogens with zero attached hydrogens (tertiary/aromatic N) is 4. The number of aromatic nitrogens is 4. The highest BCUT2D eigenvalue weighted by Gasteiger charge is 2.13. The van der Waals surface area contributed by atoms with Crippen LogP contribution in [-0.4, -0.2) is 32.5 Å². The molecule has 2 atom stereocenters. The van der Waals surface area contributed by atoms with Gasteiger partial charge in [0.25, 0.3) is 0 Å². The van der Waals surface area contributed by atoms with Gasteiger partial charge >= 0.3 is 0 Å². The fourth-order valence-electron chi connectivity index (χ4n) is 2.35. The van der Waals surface area contributed by atoms with Gasteiger partial charge in [-0.1, -0.05) is 11.2 Å². The molecule has 0 saturated carbocycles. The van der Waals surface area contributed by atoms with Gasteiger partial charge in [0.1, 0.15) is 0 Å². The second kappa shape index (κ2) is 7.52. The van der Waals surface area contributed by atoms with E-state index in [0.29, 0.717) is 23.8 Å². The van der Waals surface area contributed by atoms with Crippen LogP contribution in [0.3, 0.4) is 0 Å². The third kappa shape index (κ3) is 4.05. The molecule has 122 valence electrons. The molecule has 0 amide bonds. The van der Waals surface area contributed by atoms with E-state index in [9.17, 15) is 0 Å². The molecule has 0 unspecified atom stereocenters. The Balaban J connectivity index is 1.41. The number of hydrogen-bond acceptors (Lipinski definition) is 6. The summed E-state index contributed by atoms with van der Waals surface area (Å²) in [5, 5.41) is 13.8. The Morgan fingerprint density at radius 3 is 3.00 bits per heavy atom. The van der Waals surface area contributed by atoms with E-state index in [2.05, 4.69) is 34.4 Å². The summed E-state index contributed by atoms with van der Waals surface area (Å²) in [5.74, 6) is 1.38. The van der Waals surface area contributed by atoms with Crippen molar-refractivity contribution in [2.45, 2.75) is 38.8 Å². The Kier molecular flexibility index (Phi) is 5.19. The maximum Gasteiger partial charge on any atom is 0.227 e. The van der Waals surface area contributed by atoms with Gasteiger partial charge in [-0.05, 0) is 44.3 Å². The monoisotopic (exact) mass is 331 g/mol. The Morgan fingerprint density at radius 1 is 1.35 bits per heavy atom. The normalized spacial score (nSPS) is 14.0. The summed E-state index contributed by atoms with van der Waals surface area (Å²) in [4.78, 5) is 5.48. The van der Waals surface area contributed by atoms with Gasteiger partial charge in [0.15, 0.2) is 0 Å². The van der Waals surface area contributed by atoms with E-state index in [1.165, 1.54) is 0 Å². The predicted molar refractivity (Wildman–Crippen MR) is 90.3 cm³/mol. The highest BCUT2D eigenvalue weighted by atomic mass is 32.1. The molecule has 0 aliphatic carbocycles. The third-order valence-corrected chi connectivity index (χ3v) is 4.77. The van der Waals surface area contributed by atoms with Crippen LogP contribution in [0.25, 0.3) is 10.7 Å². The molecule has 23 heavy (non-hydrogen) atoms. The van der Waals surface area contributed by atoms with Gasteiger partial charge in [0.2, 0.25) is 11.7 Å². The molecule has 0 radical (unpaired) electrons. The second-order valence-electron chi connectivity index (χ2n) is 5.56. The molecule has 3 aromatic heterocycles. The van der Waals surface area contributed by atoms with Crippen LogP contribution in [-0.2, 0) is 6.42 Å². The van der Waals surface area contributed by atoms with Crippen molar-refractivity contribution in [2.75, 3.05) is 6.54 Å².